The number of aliphatic hydroxyl groups is 2. The van der Waals surface area contributed by atoms with Gasteiger partial charge in [-0.2, -0.15) is 0 Å². The van der Waals surface area contributed by atoms with E-state index in [0.29, 0.717) is 0 Å². The predicted molar refractivity (Wildman–Crippen MR) is 179 cm³/mol. The van der Waals surface area contributed by atoms with Crippen molar-refractivity contribution >= 4 is 24.0 Å². The van der Waals surface area contributed by atoms with Crippen molar-refractivity contribution in [3.63, 3.8) is 0 Å². The number of methoxy groups -OCH3 is 2. The molecule has 3 aliphatic carbocycles. The van der Waals surface area contributed by atoms with Gasteiger partial charge in [0, 0.05) is 60.5 Å². The molecule has 14 nitrogen and oxygen atoms in total. The lowest BCUT2D eigenvalue weighted by atomic mass is 9.37. The fourth-order valence-corrected chi connectivity index (χ4v) is 12.9. The summed E-state index contributed by atoms with van der Waals surface area (Å²) < 4.78 is 56.8. The minimum absolute atomic E-state index is 0.0364. The molecular formula is C39H46O14. The Morgan fingerprint density at radius 2 is 1.74 bits per heavy atom. The second kappa shape index (κ2) is 11.1. The molecule has 7 fully saturated rings. The molecule has 5 heterocycles. The lowest BCUT2D eigenvalue weighted by Crippen LogP contribution is -2.78. The highest BCUT2D eigenvalue weighted by atomic mass is 16.7. The highest BCUT2D eigenvalue weighted by molar-refractivity contribution is 5.87. The number of carbonyl (C=O) groups is 3. The van der Waals surface area contributed by atoms with Gasteiger partial charge in [-0.25, -0.2) is 9.59 Å². The first kappa shape index (κ1) is 35.3. The van der Waals surface area contributed by atoms with Gasteiger partial charge in [0.25, 0.3) is 5.79 Å². The molecule has 1 aromatic carbocycles. The maximum Gasteiger partial charge on any atom is 0.366 e. The van der Waals surface area contributed by atoms with E-state index in [0.717, 1.165) is 5.56 Å². The van der Waals surface area contributed by atoms with Crippen molar-refractivity contribution in [1.82, 2.24) is 0 Å². The molecule has 0 radical (unpaired) electrons. The van der Waals surface area contributed by atoms with Crippen molar-refractivity contribution in [3.05, 3.63) is 54.3 Å². The van der Waals surface area contributed by atoms with Gasteiger partial charge in [0.1, 0.15) is 23.4 Å². The number of fused-ring (bicyclic) bond motifs is 11. The largest absolute Gasteiger partial charge is 0.469 e. The molecule has 9 rings (SSSR count). The Labute approximate surface area is 306 Å². The first-order valence-electron chi connectivity index (χ1n) is 18.2. The lowest BCUT2D eigenvalue weighted by molar-refractivity contribution is -0.318. The Balaban J connectivity index is 1.26. The highest BCUT2D eigenvalue weighted by Gasteiger charge is 2.94. The van der Waals surface area contributed by atoms with Gasteiger partial charge in [0.2, 0.25) is 6.29 Å². The maximum atomic E-state index is 14.3. The number of hydrogen-bond acceptors (Lipinski definition) is 14. The topological polar surface area (TPSA) is 175 Å². The average molecular weight is 739 g/mol. The lowest BCUT2D eigenvalue weighted by Gasteiger charge is -2.66. The minimum atomic E-state index is -2.14. The molecule has 16 atom stereocenters. The summed E-state index contributed by atoms with van der Waals surface area (Å²) >= 11 is 0. The van der Waals surface area contributed by atoms with Crippen LogP contribution in [0.5, 0.6) is 0 Å². The molecule has 2 bridgehead atoms. The number of rotatable bonds is 6. The molecule has 8 aliphatic rings. The van der Waals surface area contributed by atoms with Crippen molar-refractivity contribution in [1.29, 1.82) is 0 Å². The quantitative estimate of drug-likeness (QED) is 0.247. The number of hydrogen-bond donors (Lipinski definition) is 2. The van der Waals surface area contributed by atoms with Crippen LogP contribution in [-0.4, -0.2) is 115 Å². The number of ether oxygens (including phenoxy) is 9. The first-order valence-corrected chi connectivity index (χ1v) is 18.2. The third-order valence-electron chi connectivity index (χ3n) is 14.8. The smallest absolute Gasteiger partial charge is 0.366 e. The van der Waals surface area contributed by atoms with E-state index in [9.17, 15) is 24.6 Å². The standard InChI is InChI=1S/C39H46O14/c1-20(40)50-23-17-24(51-26(41)13-12-21-10-8-7-9-11-21)36-19-49-38(46-6,31(42)45-5)30(36)34(3)29(27-28(36)33(23,2)18-48-27)53-35(4)22-16-25(39(34,35)44)52-32-37(22,43)14-15-47-32/h7-15,22-25,27-30,32,43-44H,16-19H2,1-6H3/b13-12+/t22-,23-,24+,25+,27-,28+,29-,30+,32+,33-,34-,35-,36+,37+,38+,39+/m1/s1. The van der Waals surface area contributed by atoms with E-state index in [1.807, 2.05) is 44.2 Å². The maximum absolute atomic E-state index is 14.3. The third kappa shape index (κ3) is 3.95. The Bertz CT molecular complexity index is 1800. The van der Waals surface area contributed by atoms with E-state index in [1.165, 1.54) is 39.6 Å². The van der Waals surface area contributed by atoms with Gasteiger partial charge in [-0.3, -0.25) is 4.79 Å². The summed E-state index contributed by atoms with van der Waals surface area (Å²) in [6.45, 7) is 6.82. The van der Waals surface area contributed by atoms with Crippen LogP contribution in [0.15, 0.2) is 48.7 Å². The van der Waals surface area contributed by atoms with Gasteiger partial charge in [-0.05, 0) is 31.1 Å². The van der Waals surface area contributed by atoms with Crippen LogP contribution in [0.2, 0.25) is 0 Å². The fraction of sp³-hybridized carbons (Fsp3) is 0.667. The zero-order chi connectivity index (χ0) is 37.6. The van der Waals surface area contributed by atoms with Crippen LogP contribution in [0, 0.1) is 34.0 Å². The van der Waals surface area contributed by atoms with Crippen molar-refractivity contribution in [2.24, 2.45) is 34.0 Å². The highest BCUT2D eigenvalue weighted by Crippen LogP contribution is 2.81. The van der Waals surface area contributed by atoms with Gasteiger partial charge in [0.05, 0.1) is 44.9 Å². The van der Waals surface area contributed by atoms with E-state index < -0.39 is 111 Å². The van der Waals surface area contributed by atoms with Crippen LogP contribution in [0.3, 0.4) is 0 Å². The molecule has 14 heteroatoms. The fourth-order valence-electron chi connectivity index (χ4n) is 12.9. The Kier molecular flexibility index (Phi) is 7.41. The van der Waals surface area contributed by atoms with Crippen LogP contribution >= 0.6 is 0 Å². The SMILES string of the molecule is COC(=O)[C@@]1(OC)OC[C@@]23[C@@H](OC(=O)/C=C/c4ccccc4)C[C@@H](OC(C)=O)[C@@]4(C)CO[C@@H]([C@H]5O[C@]6(C)[C@H]7C[C@H](O[C@@H]8OC=C[C@@]87O)[C@]6(O)[C@@]5(C)[C@H]12)[C@@H]43. The summed E-state index contributed by atoms with van der Waals surface area (Å²) in [5, 5.41) is 25.8. The first-order chi connectivity index (χ1) is 25.1. The molecule has 4 saturated heterocycles. The van der Waals surface area contributed by atoms with Crippen LogP contribution < -0.4 is 0 Å². The summed E-state index contributed by atoms with van der Waals surface area (Å²) in [6.07, 6.45) is 0.517. The molecule has 53 heavy (non-hydrogen) atoms. The molecular weight excluding hydrogens is 692 g/mol. The number of esters is 3. The average Bonchev–Trinajstić information content (AvgIpc) is 3.89. The summed E-state index contributed by atoms with van der Waals surface area (Å²) in [4.78, 5) is 40.8. The summed E-state index contributed by atoms with van der Waals surface area (Å²) in [5.74, 6) is -6.65. The predicted octanol–water partition coefficient (Wildman–Crippen LogP) is 2.05. The Morgan fingerprint density at radius 1 is 0.981 bits per heavy atom. The Hall–Kier alpha value is -3.37. The monoisotopic (exact) mass is 738 g/mol. The molecule has 0 unspecified atom stereocenters. The molecule has 1 spiro atoms. The van der Waals surface area contributed by atoms with Crippen LogP contribution in [-0.2, 0) is 57.0 Å². The molecule has 5 aliphatic heterocycles. The van der Waals surface area contributed by atoms with Crippen molar-refractivity contribution in [2.75, 3.05) is 27.4 Å². The van der Waals surface area contributed by atoms with Gasteiger partial charge < -0.3 is 52.8 Å². The normalized spacial score (nSPS) is 52.2. The Morgan fingerprint density at radius 3 is 2.43 bits per heavy atom. The second-order valence-corrected chi connectivity index (χ2v) is 16.7. The molecule has 0 aromatic heterocycles. The molecule has 0 amide bonds. The van der Waals surface area contributed by atoms with Gasteiger partial charge >= 0.3 is 17.9 Å². The molecule has 1 aromatic rings. The van der Waals surface area contributed by atoms with Crippen LogP contribution in [0.4, 0.5) is 0 Å². The summed E-state index contributed by atoms with van der Waals surface area (Å²) in [7, 11) is 2.57. The van der Waals surface area contributed by atoms with E-state index in [2.05, 4.69) is 0 Å². The number of carbonyl (C=O) groups excluding carboxylic acids is 3. The molecule has 3 saturated carbocycles. The van der Waals surface area contributed by atoms with Gasteiger partial charge in [0.15, 0.2) is 5.60 Å². The van der Waals surface area contributed by atoms with E-state index in [4.69, 9.17) is 42.6 Å². The van der Waals surface area contributed by atoms with E-state index in [-0.39, 0.29) is 26.1 Å². The van der Waals surface area contributed by atoms with Crippen molar-refractivity contribution in [3.8, 4) is 0 Å². The second-order valence-electron chi connectivity index (χ2n) is 16.7. The van der Waals surface area contributed by atoms with Gasteiger partial charge in [-0.15, -0.1) is 0 Å². The molecule has 2 N–H and O–H groups in total. The van der Waals surface area contributed by atoms with Gasteiger partial charge in [-0.1, -0.05) is 44.2 Å². The van der Waals surface area contributed by atoms with Crippen LogP contribution in [0.1, 0.15) is 46.1 Å². The zero-order valence-electron chi connectivity index (χ0n) is 30.5. The number of benzene rings is 1. The zero-order valence-corrected chi connectivity index (χ0v) is 30.5. The molecule has 286 valence electrons. The third-order valence-corrected chi connectivity index (χ3v) is 14.8. The van der Waals surface area contributed by atoms with Crippen molar-refractivity contribution in [2.45, 2.75) is 99.9 Å². The van der Waals surface area contributed by atoms with E-state index in [1.54, 1.807) is 13.0 Å². The minimum Gasteiger partial charge on any atom is -0.469 e. The van der Waals surface area contributed by atoms with Crippen molar-refractivity contribution < 1.29 is 67.2 Å². The van der Waals surface area contributed by atoms with E-state index >= 15 is 0 Å². The summed E-state index contributed by atoms with van der Waals surface area (Å²) in [5.41, 5.74) is -8.02. The summed E-state index contributed by atoms with van der Waals surface area (Å²) in [6, 6.07) is 9.27. The van der Waals surface area contributed by atoms with Crippen LogP contribution in [0.25, 0.3) is 6.08 Å².